The maximum absolute atomic E-state index is 6.30. The minimum Gasteiger partial charge on any atom is -0.231 e. The third kappa shape index (κ3) is 3.02. The molecular formula is C14H13ClN4S2. The van der Waals surface area contributed by atoms with E-state index in [4.69, 9.17) is 11.6 Å². The highest BCUT2D eigenvalue weighted by Gasteiger charge is 2.13. The van der Waals surface area contributed by atoms with Gasteiger partial charge in [0.2, 0.25) is 0 Å². The van der Waals surface area contributed by atoms with Crippen LogP contribution in [0.15, 0.2) is 17.4 Å². The van der Waals surface area contributed by atoms with E-state index in [2.05, 4.69) is 33.8 Å². The lowest BCUT2D eigenvalue weighted by Crippen LogP contribution is -1.95. The predicted molar refractivity (Wildman–Crippen MR) is 88.2 cm³/mol. The van der Waals surface area contributed by atoms with Crippen molar-refractivity contribution in [2.75, 3.05) is 0 Å². The number of nitrogens with zero attached hydrogens (tertiary/aromatic N) is 4. The lowest BCUT2D eigenvalue weighted by atomic mass is 10.2. The SMILES string of the molecule is Cc1ccnc(SCc2nc(Cl)c3c(C)c(C)sc3n2)n1. The molecular weight excluding hydrogens is 324 g/mol. The summed E-state index contributed by atoms with van der Waals surface area (Å²) in [7, 11) is 0. The first-order chi connectivity index (χ1) is 10.0. The Morgan fingerprint density at radius 1 is 1.19 bits per heavy atom. The van der Waals surface area contributed by atoms with Crippen molar-refractivity contribution in [1.82, 2.24) is 19.9 Å². The van der Waals surface area contributed by atoms with Crippen LogP contribution in [0, 0.1) is 20.8 Å². The van der Waals surface area contributed by atoms with Gasteiger partial charge in [-0.2, -0.15) is 0 Å². The molecule has 0 fully saturated rings. The standard InChI is InChI=1S/C14H13ClN4S2/c1-7-4-5-16-14(17-7)20-6-10-18-12(15)11-8(2)9(3)21-13(11)19-10/h4-5H,6H2,1-3H3. The highest BCUT2D eigenvalue weighted by atomic mass is 35.5. The number of fused-ring (bicyclic) bond motifs is 1. The maximum Gasteiger partial charge on any atom is 0.188 e. The fraction of sp³-hybridized carbons (Fsp3) is 0.286. The molecule has 3 rings (SSSR count). The van der Waals surface area contributed by atoms with Crippen LogP contribution in [-0.2, 0) is 5.75 Å². The average Bonchev–Trinajstić information content (AvgIpc) is 2.72. The molecule has 0 aliphatic heterocycles. The van der Waals surface area contributed by atoms with E-state index in [1.807, 2.05) is 13.0 Å². The smallest absolute Gasteiger partial charge is 0.188 e. The van der Waals surface area contributed by atoms with E-state index in [1.54, 1.807) is 17.5 Å². The van der Waals surface area contributed by atoms with E-state index in [0.717, 1.165) is 21.1 Å². The summed E-state index contributed by atoms with van der Waals surface area (Å²) in [6, 6.07) is 1.88. The number of aromatic nitrogens is 4. The van der Waals surface area contributed by atoms with Crippen LogP contribution >= 0.6 is 34.7 Å². The number of hydrogen-bond acceptors (Lipinski definition) is 6. The van der Waals surface area contributed by atoms with Gasteiger partial charge in [0.25, 0.3) is 0 Å². The molecule has 0 spiro atoms. The normalized spacial score (nSPS) is 11.2. The largest absolute Gasteiger partial charge is 0.231 e. The zero-order chi connectivity index (χ0) is 15.0. The number of rotatable bonds is 3. The van der Waals surface area contributed by atoms with Crippen LogP contribution in [0.1, 0.15) is 22.0 Å². The van der Waals surface area contributed by atoms with Crippen molar-refractivity contribution in [3.05, 3.63) is 39.4 Å². The topological polar surface area (TPSA) is 51.6 Å². The second-order valence-electron chi connectivity index (χ2n) is 4.66. The lowest BCUT2D eigenvalue weighted by molar-refractivity contribution is 0.928. The predicted octanol–water partition coefficient (Wildman–Crippen LogP) is 4.35. The minimum absolute atomic E-state index is 0.530. The molecule has 0 bridgehead atoms. The second-order valence-corrected chi connectivity index (χ2v) is 7.17. The molecule has 0 radical (unpaired) electrons. The van der Waals surface area contributed by atoms with Crippen molar-refractivity contribution in [2.24, 2.45) is 0 Å². The summed E-state index contributed by atoms with van der Waals surface area (Å²) in [4.78, 5) is 19.8. The van der Waals surface area contributed by atoms with Gasteiger partial charge in [-0.1, -0.05) is 23.4 Å². The first kappa shape index (κ1) is 14.7. The van der Waals surface area contributed by atoms with Gasteiger partial charge in [-0.15, -0.1) is 11.3 Å². The third-order valence-electron chi connectivity index (χ3n) is 3.13. The molecule has 0 aliphatic carbocycles. The molecule has 108 valence electrons. The Morgan fingerprint density at radius 3 is 2.76 bits per heavy atom. The van der Waals surface area contributed by atoms with Crippen molar-refractivity contribution in [1.29, 1.82) is 0 Å². The molecule has 7 heteroatoms. The monoisotopic (exact) mass is 336 g/mol. The molecule has 0 saturated heterocycles. The van der Waals surface area contributed by atoms with Crippen molar-refractivity contribution >= 4 is 44.9 Å². The van der Waals surface area contributed by atoms with Gasteiger partial charge in [0.15, 0.2) is 5.16 Å². The van der Waals surface area contributed by atoms with E-state index in [1.165, 1.54) is 22.2 Å². The van der Waals surface area contributed by atoms with Crippen LogP contribution in [0.5, 0.6) is 0 Å². The lowest BCUT2D eigenvalue weighted by Gasteiger charge is -2.02. The Kier molecular flexibility index (Phi) is 4.10. The Morgan fingerprint density at radius 2 is 2.00 bits per heavy atom. The van der Waals surface area contributed by atoms with Crippen LogP contribution in [-0.4, -0.2) is 19.9 Å². The van der Waals surface area contributed by atoms with Gasteiger partial charge in [-0.05, 0) is 32.4 Å². The molecule has 0 atom stereocenters. The van der Waals surface area contributed by atoms with Crippen LogP contribution in [0.4, 0.5) is 0 Å². The Hall–Kier alpha value is -1.24. The highest BCUT2D eigenvalue weighted by Crippen LogP contribution is 2.33. The van der Waals surface area contributed by atoms with Crippen molar-refractivity contribution in [2.45, 2.75) is 31.7 Å². The van der Waals surface area contributed by atoms with Crippen LogP contribution in [0.25, 0.3) is 10.2 Å². The molecule has 0 aliphatic rings. The van der Waals surface area contributed by atoms with Crippen LogP contribution in [0.2, 0.25) is 5.15 Å². The maximum atomic E-state index is 6.30. The van der Waals surface area contributed by atoms with E-state index in [-0.39, 0.29) is 0 Å². The highest BCUT2D eigenvalue weighted by molar-refractivity contribution is 7.98. The Bertz CT molecular complexity index is 816. The third-order valence-corrected chi connectivity index (χ3v) is 5.37. The van der Waals surface area contributed by atoms with Gasteiger partial charge < -0.3 is 0 Å². The number of aryl methyl sites for hydroxylation is 3. The van der Waals surface area contributed by atoms with E-state index < -0.39 is 0 Å². The van der Waals surface area contributed by atoms with Gasteiger partial charge in [0, 0.05) is 16.8 Å². The quantitative estimate of drug-likeness (QED) is 0.404. The van der Waals surface area contributed by atoms with Crippen molar-refractivity contribution in [3.8, 4) is 0 Å². The fourth-order valence-corrected chi connectivity index (χ4v) is 4.10. The number of hydrogen-bond donors (Lipinski definition) is 0. The van der Waals surface area contributed by atoms with Gasteiger partial charge in [0.05, 0.1) is 11.1 Å². The van der Waals surface area contributed by atoms with Crippen molar-refractivity contribution < 1.29 is 0 Å². The first-order valence-corrected chi connectivity index (χ1v) is 8.57. The van der Waals surface area contributed by atoms with E-state index in [0.29, 0.717) is 16.7 Å². The van der Waals surface area contributed by atoms with Gasteiger partial charge in [-0.25, -0.2) is 19.9 Å². The molecule has 3 heterocycles. The number of thiophene rings is 1. The molecule has 4 nitrogen and oxygen atoms in total. The summed E-state index contributed by atoms with van der Waals surface area (Å²) >= 11 is 9.47. The summed E-state index contributed by atoms with van der Waals surface area (Å²) in [6.45, 7) is 6.08. The molecule has 0 unspecified atom stereocenters. The summed E-state index contributed by atoms with van der Waals surface area (Å²) < 4.78 is 0. The minimum atomic E-state index is 0.530. The van der Waals surface area contributed by atoms with Crippen molar-refractivity contribution in [3.63, 3.8) is 0 Å². The zero-order valence-corrected chi connectivity index (χ0v) is 14.2. The Balaban J connectivity index is 1.88. The van der Waals surface area contributed by atoms with Gasteiger partial charge in [0.1, 0.15) is 15.8 Å². The molecule has 21 heavy (non-hydrogen) atoms. The summed E-state index contributed by atoms with van der Waals surface area (Å²) in [5.74, 6) is 1.32. The Labute approximate surface area is 136 Å². The number of halogens is 1. The summed E-state index contributed by atoms with van der Waals surface area (Å²) in [6.07, 6.45) is 1.76. The first-order valence-electron chi connectivity index (χ1n) is 6.39. The van der Waals surface area contributed by atoms with E-state index >= 15 is 0 Å². The average molecular weight is 337 g/mol. The van der Waals surface area contributed by atoms with Gasteiger partial charge in [-0.3, -0.25) is 0 Å². The van der Waals surface area contributed by atoms with Gasteiger partial charge >= 0.3 is 0 Å². The van der Waals surface area contributed by atoms with Crippen LogP contribution in [0.3, 0.4) is 0 Å². The molecule has 0 saturated carbocycles. The summed E-state index contributed by atoms with van der Waals surface area (Å²) in [5, 5.41) is 2.23. The molecule has 3 aromatic heterocycles. The molecule has 0 N–H and O–H groups in total. The number of thioether (sulfide) groups is 1. The van der Waals surface area contributed by atoms with Crippen LogP contribution < -0.4 is 0 Å². The van der Waals surface area contributed by atoms with E-state index in [9.17, 15) is 0 Å². The second kappa shape index (κ2) is 5.87. The fourth-order valence-electron chi connectivity index (χ4n) is 1.93. The molecule has 3 aromatic rings. The molecule has 0 amide bonds. The summed E-state index contributed by atoms with van der Waals surface area (Å²) in [5.41, 5.74) is 2.12. The zero-order valence-electron chi connectivity index (χ0n) is 11.8. The molecule has 0 aromatic carbocycles.